The molecule has 1 saturated heterocycles. The molecule has 0 bridgehead atoms. The third-order valence-corrected chi connectivity index (χ3v) is 8.78. The zero-order chi connectivity index (χ0) is 31.6. The van der Waals surface area contributed by atoms with E-state index in [4.69, 9.17) is 4.74 Å². The van der Waals surface area contributed by atoms with Crippen LogP contribution in [0.1, 0.15) is 94.4 Å². The number of alkyl carbamates (subject to hydrolysis) is 1. The lowest BCUT2D eigenvalue weighted by Gasteiger charge is -2.48. The zero-order valence-corrected chi connectivity index (χ0v) is 27.0. The number of Topliss-reactive ketones (excluding diaryl/α,β-unsaturated/α-hetero) is 1. The predicted molar refractivity (Wildman–Crippen MR) is 160 cm³/mol. The lowest BCUT2D eigenvalue weighted by Crippen LogP contribution is -2.60. The lowest BCUT2D eigenvalue weighted by atomic mass is 9.55. The zero-order valence-electron chi connectivity index (χ0n) is 27.0. The van der Waals surface area contributed by atoms with Crippen LogP contribution in [0.25, 0.3) is 0 Å². The maximum Gasteiger partial charge on any atom is 0.408 e. The van der Waals surface area contributed by atoms with Crippen LogP contribution in [0.3, 0.4) is 0 Å². The van der Waals surface area contributed by atoms with Crippen LogP contribution in [-0.4, -0.2) is 82.8 Å². The van der Waals surface area contributed by atoms with Gasteiger partial charge in [0.05, 0.1) is 6.04 Å². The van der Waals surface area contributed by atoms with Gasteiger partial charge in [-0.1, -0.05) is 66.5 Å². The normalized spacial score (nSPS) is 24.6. The summed E-state index contributed by atoms with van der Waals surface area (Å²) in [4.78, 5) is 70.5. The molecule has 4 amide bonds. The number of ketones is 1. The average Bonchev–Trinajstić information content (AvgIpc) is 3.22. The second-order valence-corrected chi connectivity index (χ2v) is 14.9. The van der Waals surface area contributed by atoms with Crippen molar-refractivity contribution in [3.8, 4) is 0 Å². The van der Waals surface area contributed by atoms with E-state index in [1.165, 1.54) is 4.90 Å². The van der Waals surface area contributed by atoms with E-state index in [1.54, 1.807) is 25.7 Å². The first kappa shape index (κ1) is 33.6. The summed E-state index contributed by atoms with van der Waals surface area (Å²) in [5.41, 5.74) is -1.46. The highest BCUT2D eigenvalue weighted by molar-refractivity contribution is 6.38. The monoisotopic (exact) mass is 588 g/mol. The van der Waals surface area contributed by atoms with Crippen LogP contribution >= 0.6 is 0 Å². The number of amides is 4. The molecule has 1 unspecified atom stereocenters. The molecule has 2 aliphatic heterocycles. The van der Waals surface area contributed by atoms with Crippen LogP contribution in [0.4, 0.5) is 4.79 Å². The molecule has 2 N–H and O–H groups in total. The largest absolute Gasteiger partial charge is 0.444 e. The highest BCUT2D eigenvalue weighted by Gasteiger charge is 2.61. The Kier molecular flexibility index (Phi) is 10.2. The molecule has 10 heteroatoms. The predicted octanol–water partition coefficient (Wildman–Crippen LogP) is 3.83. The summed E-state index contributed by atoms with van der Waals surface area (Å²) in [7, 11) is 0. The van der Waals surface area contributed by atoms with Gasteiger partial charge < -0.3 is 25.2 Å². The molecule has 2 fully saturated rings. The van der Waals surface area contributed by atoms with Crippen LogP contribution in [0.2, 0.25) is 0 Å². The number of unbranched alkanes of at least 4 members (excludes halogenated alkanes) is 1. The van der Waals surface area contributed by atoms with E-state index in [1.807, 2.05) is 39.8 Å². The summed E-state index contributed by atoms with van der Waals surface area (Å²) in [6.45, 7) is 18.3. The fourth-order valence-corrected chi connectivity index (χ4v) is 6.46. The Hall–Kier alpha value is -2.91. The molecule has 5 atom stereocenters. The number of likely N-dealkylation sites (tertiary alicyclic amines) is 1. The van der Waals surface area contributed by atoms with Gasteiger partial charge in [-0.3, -0.25) is 19.2 Å². The fourth-order valence-electron chi connectivity index (χ4n) is 6.46. The lowest BCUT2D eigenvalue weighted by molar-refractivity contribution is -0.147. The van der Waals surface area contributed by atoms with E-state index in [0.717, 1.165) is 12.8 Å². The molecular formula is C32H52N4O6. The molecule has 1 aliphatic carbocycles. The Morgan fingerprint density at radius 3 is 2.21 bits per heavy atom. The Morgan fingerprint density at radius 2 is 1.69 bits per heavy atom. The number of nitrogens with one attached hydrogen (secondary N) is 2. The Morgan fingerprint density at radius 1 is 1.02 bits per heavy atom. The van der Waals surface area contributed by atoms with E-state index in [0.29, 0.717) is 38.9 Å². The van der Waals surface area contributed by atoms with E-state index in [-0.39, 0.29) is 23.2 Å². The summed E-state index contributed by atoms with van der Waals surface area (Å²) < 4.78 is 5.45. The number of fused-ring (bicyclic) bond motifs is 1. The SMILES string of the molecule is CCCCC(NC(=O)[C@@H]1[C@H]2CC(C)(C)[C@H]2CN1C(=O)[C@@H](NC(=O)OC(C)(C)C)C(C)(C)C)C(=O)C(=O)N1CC=CCC1. The number of nitrogens with zero attached hydrogens (tertiary/aromatic N) is 2. The highest BCUT2D eigenvalue weighted by Crippen LogP contribution is 2.57. The molecule has 1 saturated carbocycles. The van der Waals surface area contributed by atoms with Gasteiger partial charge in [-0.15, -0.1) is 0 Å². The second-order valence-electron chi connectivity index (χ2n) is 14.9. The van der Waals surface area contributed by atoms with Gasteiger partial charge in [0.2, 0.25) is 17.6 Å². The van der Waals surface area contributed by atoms with E-state index < -0.39 is 52.8 Å². The molecular weight excluding hydrogens is 536 g/mol. The third-order valence-electron chi connectivity index (χ3n) is 8.78. The quantitative estimate of drug-likeness (QED) is 0.312. The Balaban J connectivity index is 1.86. The number of carbonyl (C=O) groups excluding carboxylic acids is 5. The van der Waals surface area contributed by atoms with Crippen molar-refractivity contribution in [2.75, 3.05) is 19.6 Å². The number of hydrogen-bond acceptors (Lipinski definition) is 6. The van der Waals surface area contributed by atoms with Gasteiger partial charge in [0.1, 0.15) is 17.7 Å². The standard InChI is InChI=1S/C32H52N4O6/c1-10-11-15-22(24(37)27(39)35-16-13-12-14-17-35)33-26(38)23-20-18-32(8,9)21(20)19-36(23)28(40)25(30(2,3)4)34-29(41)42-31(5,6)7/h12-13,20-23,25H,10-11,14-19H2,1-9H3,(H,33,38)(H,34,41)/t20-,21-,22?,23-,25+/m0/s1. The minimum Gasteiger partial charge on any atom is -0.444 e. The van der Waals surface area contributed by atoms with Crippen LogP contribution in [0.15, 0.2) is 12.2 Å². The van der Waals surface area contributed by atoms with Crippen LogP contribution in [0, 0.1) is 22.7 Å². The van der Waals surface area contributed by atoms with E-state index in [9.17, 15) is 24.0 Å². The van der Waals surface area contributed by atoms with Gasteiger partial charge in [0, 0.05) is 19.6 Å². The third kappa shape index (κ3) is 7.72. The molecule has 42 heavy (non-hydrogen) atoms. The molecule has 0 aromatic carbocycles. The molecule has 3 aliphatic rings. The van der Waals surface area contributed by atoms with Crippen molar-refractivity contribution in [3.05, 3.63) is 12.2 Å². The number of rotatable bonds is 9. The molecule has 3 rings (SSSR count). The summed E-state index contributed by atoms with van der Waals surface area (Å²) in [6.07, 6.45) is 6.42. The number of ether oxygens (including phenoxy) is 1. The van der Waals surface area contributed by atoms with E-state index in [2.05, 4.69) is 24.5 Å². The number of carbonyl (C=O) groups is 5. The van der Waals surface area contributed by atoms with Gasteiger partial charge >= 0.3 is 6.09 Å². The summed E-state index contributed by atoms with van der Waals surface area (Å²) in [5, 5.41) is 5.66. The molecule has 10 nitrogen and oxygen atoms in total. The molecule has 0 aromatic rings. The number of hydrogen-bond donors (Lipinski definition) is 2. The van der Waals surface area contributed by atoms with Crippen molar-refractivity contribution in [2.45, 2.75) is 118 Å². The molecule has 0 radical (unpaired) electrons. The minimum atomic E-state index is -0.960. The maximum absolute atomic E-state index is 14.2. The molecule has 236 valence electrons. The molecule has 0 spiro atoms. The van der Waals surface area contributed by atoms with Crippen molar-refractivity contribution in [1.29, 1.82) is 0 Å². The van der Waals surface area contributed by atoms with Gasteiger partial charge in [-0.25, -0.2) is 4.79 Å². The summed E-state index contributed by atoms with van der Waals surface area (Å²) in [6, 6.07) is -2.70. The van der Waals surface area contributed by atoms with Crippen LogP contribution in [-0.2, 0) is 23.9 Å². The second kappa shape index (κ2) is 12.8. The van der Waals surface area contributed by atoms with Crippen molar-refractivity contribution >= 4 is 29.6 Å². The van der Waals surface area contributed by atoms with Gasteiger partial charge in [-0.2, -0.15) is 0 Å². The first-order valence-corrected chi connectivity index (χ1v) is 15.5. The minimum absolute atomic E-state index is 0.0524. The topological polar surface area (TPSA) is 125 Å². The smallest absolute Gasteiger partial charge is 0.408 e. The van der Waals surface area contributed by atoms with Crippen LogP contribution < -0.4 is 10.6 Å². The first-order valence-electron chi connectivity index (χ1n) is 15.5. The van der Waals surface area contributed by atoms with Gasteiger partial charge in [0.25, 0.3) is 5.91 Å². The van der Waals surface area contributed by atoms with Crippen molar-refractivity contribution in [3.63, 3.8) is 0 Å². The Labute approximate surface area is 251 Å². The van der Waals surface area contributed by atoms with Crippen molar-refractivity contribution in [1.82, 2.24) is 20.4 Å². The summed E-state index contributed by atoms with van der Waals surface area (Å²) in [5.74, 6) is -1.95. The van der Waals surface area contributed by atoms with Gasteiger partial charge in [-0.05, 0) is 62.7 Å². The molecule has 2 heterocycles. The van der Waals surface area contributed by atoms with Crippen molar-refractivity contribution < 1.29 is 28.7 Å². The van der Waals surface area contributed by atoms with E-state index >= 15 is 0 Å². The molecule has 0 aromatic heterocycles. The average molecular weight is 589 g/mol. The van der Waals surface area contributed by atoms with Crippen LogP contribution in [0.5, 0.6) is 0 Å². The Bertz CT molecular complexity index is 1090. The highest BCUT2D eigenvalue weighted by atomic mass is 16.6. The van der Waals surface area contributed by atoms with Crippen molar-refractivity contribution in [2.24, 2.45) is 22.7 Å². The first-order chi connectivity index (χ1) is 19.4. The van der Waals surface area contributed by atoms with Gasteiger partial charge in [0.15, 0.2) is 0 Å². The maximum atomic E-state index is 14.2. The fraction of sp³-hybridized carbons (Fsp3) is 0.781. The summed E-state index contributed by atoms with van der Waals surface area (Å²) >= 11 is 0.